The first-order chi connectivity index (χ1) is 19.7. The average molecular weight is 553 g/mol. The number of thiazole rings is 1. The smallest absolute Gasteiger partial charge is 0.346 e. The predicted octanol–water partition coefficient (Wildman–Crippen LogP) is 8.05. The minimum Gasteiger partial charge on any atom is -0.422 e. The van der Waals surface area contributed by atoms with Gasteiger partial charge in [-0.2, -0.15) is 0 Å². The van der Waals surface area contributed by atoms with Crippen LogP contribution in [0.15, 0.2) is 118 Å². The molecule has 0 aliphatic carbocycles. The van der Waals surface area contributed by atoms with Crippen LogP contribution in [0.3, 0.4) is 0 Å². The van der Waals surface area contributed by atoms with Gasteiger partial charge in [0.25, 0.3) is 0 Å². The fourth-order valence-electron chi connectivity index (χ4n) is 4.07. The molecule has 4 nitrogen and oxygen atoms in total. The number of terminal acetylenes is 1. The predicted molar refractivity (Wildman–Crippen MR) is 169 cm³/mol. The molecule has 0 N–H and O–H groups in total. The lowest BCUT2D eigenvalue weighted by atomic mass is 10.1. The summed E-state index contributed by atoms with van der Waals surface area (Å²) in [4.78, 5) is 19.7. The van der Waals surface area contributed by atoms with Crippen LogP contribution in [-0.4, -0.2) is 4.98 Å². The van der Waals surface area contributed by atoms with Crippen LogP contribution in [0.4, 0.5) is 17.1 Å². The van der Waals surface area contributed by atoms with Crippen molar-refractivity contribution >= 4 is 62.2 Å². The van der Waals surface area contributed by atoms with E-state index < -0.39 is 0 Å². The monoisotopic (exact) mass is 552 g/mol. The minimum atomic E-state index is -0.385. The molecule has 6 aromatic rings. The zero-order valence-corrected chi connectivity index (χ0v) is 22.7. The Morgan fingerprint density at radius 1 is 0.775 bits per heavy atom. The maximum absolute atomic E-state index is 12.9. The molecule has 0 aliphatic heterocycles. The molecule has 6 rings (SSSR count). The number of thiol groups is 1. The van der Waals surface area contributed by atoms with Gasteiger partial charge in [-0.15, -0.1) is 17.8 Å². The number of para-hydroxylation sites is 3. The van der Waals surface area contributed by atoms with E-state index in [0.29, 0.717) is 16.2 Å². The maximum Gasteiger partial charge on any atom is 0.346 e. The van der Waals surface area contributed by atoms with Crippen molar-refractivity contribution < 1.29 is 4.42 Å². The lowest BCUT2D eigenvalue weighted by Crippen LogP contribution is -2.10. The number of anilines is 3. The van der Waals surface area contributed by atoms with Gasteiger partial charge < -0.3 is 9.32 Å². The number of hydrogen-bond donors (Lipinski definition) is 1. The molecule has 0 radical (unpaired) electrons. The number of nitrogens with zero attached hydrogens (tertiary/aromatic N) is 2. The molecular formula is C34H20N2O2S2. The molecule has 0 unspecified atom stereocenters. The molecular weight excluding hydrogens is 533 g/mol. The summed E-state index contributed by atoms with van der Waals surface area (Å²) in [6.07, 6.45) is 4.75. The third kappa shape index (κ3) is 5.93. The van der Waals surface area contributed by atoms with Crippen molar-refractivity contribution in [3.63, 3.8) is 0 Å². The Bertz CT molecular complexity index is 1940. The summed E-state index contributed by atoms with van der Waals surface area (Å²) in [7, 11) is 0. The van der Waals surface area contributed by atoms with E-state index in [1.54, 1.807) is 0 Å². The Morgan fingerprint density at radius 3 is 2.10 bits per heavy atom. The van der Waals surface area contributed by atoms with Gasteiger partial charge in [0.15, 0.2) is 0 Å². The van der Waals surface area contributed by atoms with Crippen molar-refractivity contribution in [2.75, 3.05) is 4.90 Å². The molecule has 0 amide bonds. The van der Waals surface area contributed by atoms with Crippen molar-refractivity contribution in [3.05, 3.63) is 120 Å². The molecule has 4 aromatic carbocycles. The van der Waals surface area contributed by atoms with Gasteiger partial charge >= 0.3 is 5.63 Å². The van der Waals surface area contributed by atoms with Gasteiger partial charge in [0.2, 0.25) is 0 Å². The van der Waals surface area contributed by atoms with Gasteiger partial charge in [0, 0.05) is 28.5 Å². The molecule has 0 fully saturated rings. The Morgan fingerprint density at radius 2 is 1.45 bits per heavy atom. The summed E-state index contributed by atoms with van der Waals surface area (Å²) < 4.78 is 6.84. The third-order valence-corrected chi connectivity index (χ3v) is 6.97. The van der Waals surface area contributed by atoms with Crippen LogP contribution in [0.2, 0.25) is 0 Å². The van der Waals surface area contributed by atoms with Gasteiger partial charge in [-0.05, 0) is 83.5 Å². The Labute approximate surface area is 241 Å². The van der Waals surface area contributed by atoms with Crippen LogP contribution in [0.5, 0.6) is 0 Å². The Kier molecular flexibility index (Phi) is 8.30. The highest BCUT2D eigenvalue weighted by molar-refractivity contribution is 7.85. The van der Waals surface area contributed by atoms with E-state index in [1.807, 2.05) is 84.9 Å². The molecule has 0 saturated carbocycles. The maximum atomic E-state index is 12.9. The molecule has 6 heteroatoms. The molecule has 2 aromatic heterocycles. The van der Waals surface area contributed by atoms with E-state index in [2.05, 4.69) is 75.7 Å². The van der Waals surface area contributed by atoms with E-state index in [1.165, 1.54) is 11.3 Å². The average Bonchev–Trinajstić information content (AvgIpc) is 3.43. The van der Waals surface area contributed by atoms with E-state index >= 15 is 0 Å². The van der Waals surface area contributed by atoms with Crippen LogP contribution >= 0.6 is 24.0 Å². The Hall–Kier alpha value is -5.19. The zero-order valence-electron chi connectivity index (χ0n) is 21.0. The molecule has 0 bridgehead atoms. The van der Waals surface area contributed by atoms with Crippen LogP contribution < -0.4 is 10.5 Å². The number of fused-ring (bicyclic) bond motifs is 2. The van der Waals surface area contributed by atoms with Crippen molar-refractivity contribution in [1.82, 2.24) is 4.98 Å². The van der Waals surface area contributed by atoms with Crippen molar-refractivity contribution in [3.8, 4) is 45.9 Å². The SMILES string of the molecule is C#CC#CC#CS.O=c1oc2cc(N(c3ccccc3)c3ccccc3)ccc2cc1-c1nc2ccccc2s1. The molecule has 190 valence electrons. The van der Waals surface area contributed by atoms with Crippen molar-refractivity contribution in [2.45, 2.75) is 0 Å². The number of benzene rings is 4. The quantitative estimate of drug-likeness (QED) is 0.137. The lowest BCUT2D eigenvalue weighted by molar-refractivity contribution is 0.563. The summed E-state index contributed by atoms with van der Waals surface area (Å²) in [6.45, 7) is 0. The fraction of sp³-hybridized carbons (Fsp3) is 0. The van der Waals surface area contributed by atoms with Crippen molar-refractivity contribution in [2.24, 2.45) is 0 Å². The van der Waals surface area contributed by atoms with Crippen LogP contribution in [0, 0.1) is 35.4 Å². The molecule has 0 atom stereocenters. The van der Waals surface area contributed by atoms with Crippen LogP contribution in [0.1, 0.15) is 0 Å². The molecule has 40 heavy (non-hydrogen) atoms. The second kappa shape index (κ2) is 12.6. The summed E-state index contributed by atoms with van der Waals surface area (Å²) in [5, 5.41) is 3.81. The molecule has 0 aliphatic rings. The minimum absolute atomic E-state index is 0.385. The lowest BCUT2D eigenvalue weighted by Gasteiger charge is -2.25. The first kappa shape index (κ1) is 26.4. The standard InChI is InChI=1S/C28H18N2O2S.C6H2S/c31-28-23(27-29-24-13-7-8-14-26(24)33-27)17-19-15-16-22(18-25(19)32-28)30(20-9-3-1-4-10-20)21-11-5-2-6-12-21;1-2-3-4-5-6-7/h1-18H;1,7H. The summed E-state index contributed by atoms with van der Waals surface area (Å²) >= 11 is 5.06. The highest BCUT2D eigenvalue weighted by atomic mass is 32.1. The van der Waals surface area contributed by atoms with Crippen molar-refractivity contribution in [1.29, 1.82) is 0 Å². The largest absolute Gasteiger partial charge is 0.422 e. The van der Waals surface area contributed by atoms with Gasteiger partial charge in [-0.1, -0.05) is 61.2 Å². The number of aromatic nitrogens is 1. The van der Waals surface area contributed by atoms with E-state index in [0.717, 1.165) is 32.7 Å². The number of hydrogen-bond acceptors (Lipinski definition) is 6. The summed E-state index contributed by atoms with van der Waals surface area (Å²) in [6, 6.07) is 36.0. The summed E-state index contributed by atoms with van der Waals surface area (Å²) in [5.41, 5.74) is 4.49. The first-order valence-electron chi connectivity index (χ1n) is 12.1. The van der Waals surface area contributed by atoms with E-state index in [9.17, 15) is 4.79 Å². The second-order valence-electron chi connectivity index (χ2n) is 8.29. The summed E-state index contributed by atoms with van der Waals surface area (Å²) in [5.74, 6) is 9.13. The highest BCUT2D eigenvalue weighted by Crippen LogP contribution is 2.36. The molecule has 2 heterocycles. The van der Waals surface area contributed by atoms with Crippen LogP contribution in [-0.2, 0) is 0 Å². The first-order valence-corrected chi connectivity index (χ1v) is 13.4. The second-order valence-corrected chi connectivity index (χ2v) is 9.55. The normalized spacial score (nSPS) is 9.80. The molecule has 0 saturated heterocycles. The van der Waals surface area contributed by atoms with E-state index in [-0.39, 0.29) is 5.63 Å². The van der Waals surface area contributed by atoms with Gasteiger partial charge in [0.05, 0.1) is 15.8 Å². The van der Waals surface area contributed by atoms with Gasteiger partial charge in [-0.3, -0.25) is 0 Å². The number of rotatable bonds is 4. The third-order valence-electron chi connectivity index (χ3n) is 5.78. The zero-order chi connectivity index (χ0) is 27.7. The molecule has 0 spiro atoms. The van der Waals surface area contributed by atoms with Crippen LogP contribution in [0.25, 0.3) is 31.8 Å². The Balaban J connectivity index is 0.000000411. The fourth-order valence-corrected chi connectivity index (χ4v) is 5.10. The topological polar surface area (TPSA) is 46.3 Å². The highest BCUT2D eigenvalue weighted by Gasteiger charge is 2.16. The van der Waals surface area contributed by atoms with Gasteiger partial charge in [-0.25, -0.2) is 9.78 Å². The van der Waals surface area contributed by atoms with Gasteiger partial charge in [0.1, 0.15) is 10.6 Å². The van der Waals surface area contributed by atoms with E-state index in [4.69, 9.17) is 10.8 Å².